The Kier molecular flexibility index (Phi) is 3.94. The zero-order chi connectivity index (χ0) is 16.0. The number of benzene rings is 1. The second kappa shape index (κ2) is 5.15. The molecule has 1 unspecified atom stereocenters. The lowest BCUT2D eigenvalue weighted by Gasteiger charge is -2.32. The van der Waals surface area contributed by atoms with Gasteiger partial charge in [-0.15, -0.1) is 0 Å². The molecule has 0 bridgehead atoms. The first-order chi connectivity index (χ1) is 9.56. The summed E-state index contributed by atoms with van der Waals surface area (Å²) in [4.78, 5) is 12.2. The lowest BCUT2D eigenvalue weighted by atomic mass is 10.1. The lowest BCUT2D eigenvalue weighted by molar-refractivity contribution is -0.297. The molecule has 1 aromatic carbocycles. The third-order valence-corrected chi connectivity index (χ3v) is 3.48. The summed E-state index contributed by atoms with van der Waals surface area (Å²) in [5.41, 5.74) is -3.63. The van der Waals surface area contributed by atoms with Crippen LogP contribution in [0.3, 0.4) is 0 Å². The summed E-state index contributed by atoms with van der Waals surface area (Å²) in [5, 5.41) is 13.4. The van der Waals surface area contributed by atoms with Crippen LogP contribution in [0, 0.1) is 0 Å². The first kappa shape index (κ1) is 16.1. The van der Waals surface area contributed by atoms with Crippen molar-refractivity contribution in [2.24, 2.45) is 5.10 Å². The van der Waals surface area contributed by atoms with Crippen LogP contribution in [0.4, 0.5) is 13.2 Å². The summed E-state index contributed by atoms with van der Waals surface area (Å²) < 4.78 is 39.1. The number of amides is 1. The van der Waals surface area contributed by atoms with Crippen LogP contribution in [0.2, 0.25) is 10.0 Å². The molecule has 4 nitrogen and oxygen atoms in total. The topological polar surface area (TPSA) is 52.9 Å². The minimum absolute atomic E-state index is 0.0114. The van der Waals surface area contributed by atoms with Gasteiger partial charge in [0.2, 0.25) is 0 Å². The van der Waals surface area contributed by atoms with E-state index in [1.807, 2.05) is 0 Å². The standard InChI is InChI=1S/C12H9Cl2F3N2O2/c1-6-5-11(21,12(15,16)17)19(18-6)10(20)8-3-2-7(13)4-9(8)14/h2-4,21H,5H2,1H3. The van der Waals surface area contributed by atoms with E-state index in [2.05, 4.69) is 5.10 Å². The smallest absolute Gasteiger partial charge is 0.362 e. The fourth-order valence-corrected chi connectivity index (χ4v) is 2.42. The number of rotatable bonds is 1. The predicted molar refractivity (Wildman–Crippen MR) is 71.4 cm³/mol. The van der Waals surface area contributed by atoms with Gasteiger partial charge in [-0.05, 0) is 25.1 Å². The fourth-order valence-electron chi connectivity index (χ4n) is 1.93. The highest BCUT2D eigenvalue weighted by Crippen LogP contribution is 2.41. The van der Waals surface area contributed by atoms with Gasteiger partial charge in [0, 0.05) is 17.2 Å². The van der Waals surface area contributed by atoms with E-state index in [-0.39, 0.29) is 26.3 Å². The van der Waals surface area contributed by atoms with Gasteiger partial charge in [0.1, 0.15) is 0 Å². The number of halogens is 5. The number of alkyl halides is 3. The van der Waals surface area contributed by atoms with E-state index in [0.717, 1.165) is 0 Å². The molecule has 2 rings (SSSR count). The monoisotopic (exact) mass is 340 g/mol. The van der Waals surface area contributed by atoms with Crippen LogP contribution in [-0.2, 0) is 0 Å². The molecule has 114 valence electrons. The maximum absolute atomic E-state index is 13.0. The Morgan fingerprint density at radius 1 is 1.43 bits per heavy atom. The van der Waals surface area contributed by atoms with Crippen LogP contribution in [-0.4, -0.2) is 33.6 Å². The van der Waals surface area contributed by atoms with Gasteiger partial charge in [0.25, 0.3) is 11.6 Å². The van der Waals surface area contributed by atoms with Crippen molar-refractivity contribution in [3.63, 3.8) is 0 Å². The SMILES string of the molecule is CC1=NN(C(=O)c2ccc(Cl)cc2Cl)C(O)(C(F)(F)F)C1. The zero-order valence-electron chi connectivity index (χ0n) is 10.6. The largest absolute Gasteiger partial charge is 0.438 e. The molecule has 0 fully saturated rings. The molecule has 9 heteroatoms. The Hall–Kier alpha value is -1.31. The molecule has 0 saturated carbocycles. The number of hydrogen-bond acceptors (Lipinski definition) is 3. The van der Waals surface area contributed by atoms with Crippen molar-refractivity contribution >= 4 is 34.8 Å². The van der Waals surface area contributed by atoms with Crippen molar-refractivity contribution in [3.8, 4) is 0 Å². The van der Waals surface area contributed by atoms with Gasteiger partial charge in [-0.2, -0.15) is 23.3 Å². The van der Waals surface area contributed by atoms with Gasteiger partial charge in [0.05, 0.1) is 10.6 Å². The molecule has 1 N–H and O–H groups in total. The van der Waals surface area contributed by atoms with E-state index >= 15 is 0 Å². The Morgan fingerprint density at radius 3 is 2.57 bits per heavy atom. The average Bonchev–Trinajstić information content (AvgIpc) is 2.64. The van der Waals surface area contributed by atoms with Crippen LogP contribution in [0.25, 0.3) is 0 Å². The van der Waals surface area contributed by atoms with E-state index in [0.29, 0.717) is 0 Å². The van der Waals surface area contributed by atoms with Gasteiger partial charge in [-0.25, -0.2) is 0 Å². The molecular formula is C12H9Cl2F3N2O2. The second-order valence-corrected chi connectivity index (χ2v) is 5.41. The molecule has 1 aliphatic heterocycles. The van der Waals surface area contributed by atoms with Crippen molar-refractivity contribution in [1.29, 1.82) is 0 Å². The highest BCUT2D eigenvalue weighted by atomic mass is 35.5. The molecule has 1 aliphatic rings. The van der Waals surface area contributed by atoms with Gasteiger partial charge in [-0.3, -0.25) is 4.79 Å². The molecule has 0 aromatic heterocycles. The molecule has 21 heavy (non-hydrogen) atoms. The average molecular weight is 341 g/mol. The third-order valence-electron chi connectivity index (χ3n) is 2.93. The molecule has 1 aromatic rings. The van der Waals surface area contributed by atoms with E-state index in [1.165, 1.54) is 25.1 Å². The minimum atomic E-state index is -5.05. The lowest BCUT2D eigenvalue weighted by Crippen LogP contribution is -2.56. The van der Waals surface area contributed by atoms with E-state index < -0.39 is 24.2 Å². The van der Waals surface area contributed by atoms with Crippen molar-refractivity contribution in [2.45, 2.75) is 25.2 Å². The number of hydrogen-bond donors (Lipinski definition) is 1. The number of carbonyl (C=O) groups excluding carboxylic acids is 1. The highest BCUT2D eigenvalue weighted by Gasteiger charge is 2.62. The molecule has 0 radical (unpaired) electrons. The van der Waals surface area contributed by atoms with E-state index in [1.54, 1.807) is 0 Å². The summed E-state index contributed by atoms with van der Waals surface area (Å²) >= 11 is 11.5. The maximum atomic E-state index is 13.0. The summed E-state index contributed by atoms with van der Waals surface area (Å²) in [7, 11) is 0. The van der Waals surface area contributed by atoms with Crippen molar-refractivity contribution in [3.05, 3.63) is 33.8 Å². The number of carbonyl (C=O) groups is 1. The minimum Gasteiger partial charge on any atom is -0.362 e. The third kappa shape index (κ3) is 2.73. The number of hydrazone groups is 1. The Bertz CT molecular complexity index is 633. The molecule has 0 spiro atoms. The first-order valence-electron chi connectivity index (χ1n) is 5.69. The molecular weight excluding hydrogens is 332 g/mol. The van der Waals surface area contributed by atoms with Crippen molar-refractivity contribution < 1.29 is 23.1 Å². The van der Waals surface area contributed by atoms with Crippen LogP contribution in [0.5, 0.6) is 0 Å². The van der Waals surface area contributed by atoms with Crippen molar-refractivity contribution in [2.75, 3.05) is 0 Å². The van der Waals surface area contributed by atoms with Gasteiger partial charge < -0.3 is 5.11 Å². The maximum Gasteiger partial charge on any atom is 0.438 e. The van der Waals surface area contributed by atoms with Gasteiger partial charge >= 0.3 is 6.18 Å². The Labute approximate surface area is 127 Å². The molecule has 0 saturated heterocycles. The van der Waals surface area contributed by atoms with Crippen LogP contribution >= 0.6 is 23.2 Å². The normalized spacial score (nSPS) is 22.4. The quantitative estimate of drug-likeness (QED) is 0.851. The van der Waals surface area contributed by atoms with Crippen LogP contribution in [0.15, 0.2) is 23.3 Å². The highest BCUT2D eigenvalue weighted by molar-refractivity contribution is 6.36. The Morgan fingerprint density at radius 2 is 2.05 bits per heavy atom. The summed E-state index contributed by atoms with van der Waals surface area (Å²) in [6.45, 7) is 1.29. The number of nitrogens with zero attached hydrogens (tertiary/aromatic N) is 2. The van der Waals surface area contributed by atoms with Crippen molar-refractivity contribution in [1.82, 2.24) is 5.01 Å². The van der Waals surface area contributed by atoms with Crippen LogP contribution < -0.4 is 0 Å². The zero-order valence-corrected chi connectivity index (χ0v) is 12.1. The van der Waals surface area contributed by atoms with E-state index in [9.17, 15) is 23.1 Å². The first-order valence-corrected chi connectivity index (χ1v) is 6.44. The summed E-state index contributed by atoms with van der Waals surface area (Å²) in [5.74, 6) is -1.16. The summed E-state index contributed by atoms with van der Waals surface area (Å²) in [6, 6.07) is 3.70. The summed E-state index contributed by atoms with van der Waals surface area (Å²) in [6.07, 6.45) is -5.86. The predicted octanol–water partition coefficient (Wildman–Crippen LogP) is 3.47. The van der Waals surface area contributed by atoms with Gasteiger partial charge in [0.15, 0.2) is 0 Å². The molecule has 0 aliphatic carbocycles. The van der Waals surface area contributed by atoms with Crippen LogP contribution in [0.1, 0.15) is 23.7 Å². The fraction of sp³-hybridized carbons (Fsp3) is 0.333. The second-order valence-electron chi connectivity index (χ2n) is 4.57. The van der Waals surface area contributed by atoms with E-state index in [4.69, 9.17) is 23.2 Å². The number of aliphatic hydroxyl groups is 1. The molecule has 1 atom stereocenters. The molecule has 1 amide bonds. The molecule has 1 heterocycles. The van der Waals surface area contributed by atoms with Gasteiger partial charge in [-0.1, -0.05) is 23.2 Å². The Balaban J connectivity index is 2.46.